The highest BCUT2D eigenvalue weighted by Gasteiger charge is 2.51. The topological polar surface area (TPSA) is 142 Å². The van der Waals surface area contributed by atoms with Crippen LogP contribution in [0.5, 0.6) is 11.5 Å². The molecule has 1 aromatic heterocycles. The Balaban J connectivity index is 0.000000190. The molecule has 0 bridgehead atoms. The van der Waals surface area contributed by atoms with Crippen LogP contribution in [-0.2, 0) is 24.5 Å². The first kappa shape index (κ1) is 39.5. The van der Waals surface area contributed by atoms with E-state index in [2.05, 4.69) is 10.2 Å². The smallest absolute Gasteiger partial charge is 0.410 e. The van der Waals surface area contributed by atoms with Crippen molar-refractivity contribution < 1.29 is 42.8 Å². The molecule has 0 aliphatic carbocycles. The number of aromatic amines is 1. The Morgan fingerprint density at radius 3 is 1.69 bits per heavy atom. The normalized spacial score (nSPS) is 18.0. The van der Waals surface area contributed by atoms with Crippen LogP contribution in [0.25, 0.3) is 11.3 Å². The van der Waals surface area contributed by atoms with Gasteiger partial charge >= 0.3 is 12.2 Å². The number of likely N-dealkylation sites (tertiary alicyclic amines) is 2. The molecule has 0 radical (unpaired) electrons. The molecular weight excluding hydrogens is 704 g/mol. The minimum absolute atomic E-state index is 0.153. The Labute approximate surface area is 323 Å². The fourth-order valence-corrected chi connectivity index (χ4v) is 7.42. The number of fused-ring (bicyclic) bond motifs is 5. The van der Waals surface area contributed by atoms with E-state index >= 15 is 0 Å². The Hall–Kier alpha value is -5.20. The SMILES string of the molecule is CC(C)(C)OC(=O)N1CCC2(CC1)Oc1ccccc1-c1[nH]ncc12.CCOC(OCC)=C1C(=O)c2ccccc2OC12CCN(C(=O)OC(C)(C)C)CC2. The fraction of sp³-hybridized carbons (Fsp3) is 0.524. The largest absolute Gasteiger partial charge is 0.482 e. The number of amides is 2. The van der Waals surface area contributed by atoms with E-state index in [1.54, 1.807) is 21.9 Å². The van der Waals surface area contributed by atoms with Gasteiger partial charge < -0.3 is 38.2 Å². The summed E-state index contributed by atoms with van der Waals surface area (Å²) in [5.74, 6) is 1.47. The quantitative estimate of drug-likeness (QED) is 0.205. The van der Waals surface area contributed by atoms with Crippen LogP contribution in [0.4, 0.5) is 9.59 Å². The molecule has 2 fully saturated rings. The third kappa shape index (κ3) is 8.40. The zero-order valence-electron chi connectivity index (χ0n) is 33.3. The maximum absolute atomic E-state index is 13.5. The second-order valence-electron chi connectivity index (χ2n) is 16.1. The summed E-state index contributed by atoms with van der Waals surface area (Å²) < 4.78 is 35.3. The summed E-state index contributed by atoms with van der Waals surface area (Å²) in [7, 11) is 0. The van der Waals surface area contributed by atoms with E-state index < -0.39 is 22.4 Å². The molecule has 1 N–H and O–H groups in total. The molecule has 2 spiro atoms. The van der Waals surface area contributed by atoms with Crippen LogP contribution in [0.15, 0.2) is 66.2 Å². The van der Waals surface area contributed by atoms with Crippen LogP contribution in [0, 0.1) is 0 Å². The first-order valence-corrected chi connectivity index (χ1v) is 19.2. The molecule has 13 nitrogen and oxygen atoms in total. The van der Waals surface area contributed by atoms with Crippen LogP contribution in [0.3, 0.4) is 0 Å². The van der Waals surface area contributed by atoms with E-state index in [9.17, 15) is 14.4 Å². The van der Waals surface area contributed by atoms with E-state index in [1.807, 2.05) is 98.0 Å². The highest BCUT2D eigenvalue weighted by molar-refractivity contribution is 6.13. The summed E-state index contributed by atoms with van der Waals surface area (Å²) in [4.78, 5) is 41.7. The number of piperidine rings is 2. The molecule has 2 aromatic carbocycles. The number of ketones is 1. The Morgan fingerprint density at radius 2 is 1.18 bits per heavy atom. The van der Waals surface area contributed by atoms with Crippen LogP contribution >= 0.6 is 0 Å². The van der Waals surface area contributed by atoms with Gasteiger partial charge in [-0.1, -0.05) is 24.3 Å². The molecule has 2 amide bonds. The molecule has 7 rings (SSSR count). The van der Waals surface area contributed by atoms with Gasteiger partial charge in [0.2, 0.25) is 5.78 Å². The monoisotopic (exact) mass is 758 g/mol. The van der Waals surface area contributed by atoms with Crippen LogP contribution in [0.1, 0.15) is 97.0 Å². The number of nitrogens with one attached hydrogen (secondary N) is 1. The van der Waals surface area contributed by atoms with Gasteiger partial charge in [0.1, 0.15) is 39.5 Å². The number of aromatic nitrogens is 2. The Bertz CT molecular complexity index is 1900. The lowest BCUT2D eigenvalue weighted by atomic mass is 9.78. The number of carbonyl (C=O) groups excluding carboxylic acids is 3. The lowest BCUT2D eigenvalue weighted by Gasteiger charge is -2.45. The Morgan fingerprint density at radius 1 is 0.727 bits per heavy atom. The summed E-state index contributed by atoms with van der Waals surface area (Å²) >= 11 is 0. The van der Waals surface area contributed by atoms with Crippen molar-refractivity contribution in [1.29, 1.82) is 0 Å². The number of Topliss-reactive ketones (excluding diaryl/α,β-unsaturated/α-hetero) is 1. The van der Waals surface area contributed by atoms with Gasteiger partial charge in [0.15, 0.2) is 0 Å². The van der Waals surface area contributed by atoms with Crippen molar-refractivity contribution in [2.75, 3.05) is 39.4 Å². The number of ether oxygens (including phenoxy) is 6. The van der Waals surface area contributed by atoms with E-state index in [0.717, 1.165) is 22.6 Å². The maximum atomic E-state index is 13.5. The van der Waals surface area contributed by atoms with Gasteiger partial charge in [-0.05, 0) is 79.7 Å². The number of H-pyrrole nitrogens is 1. The van der Waals surface area contributed by atoms with Crippen molar-refractivity contribution in [1.82, 2.24) is 20.0 Å². The molecule has 2 saturated heterocycles. The highest BCUT2D eigenvalue weighted by atomic mass is 16.7. The number of hydrogen-bond donors (Lipinski definition) is 1. The summed E-state index contributed by atoms with van der Waals surface area (Å²) in [6.45, 7) is 17.6. The van der Waals surface area contributed by atoms with E-state index in [1.165, 1.54) is 0 Å². The van der Waals surface area contributed by atoms with Crippen LogP contribution < -0.4 is 9.47 Å². The molecule has 13 heteroatoms. The molecule has 4 aliphatic heterocycles. The van der Waals surface area contributed by atoms with E-state index in [0.29, 0.717) is 82.0 Å². The van der Waals surface area contributed by atoms with Crippen molar-refractivity contribution in [3.63, 3.8) is 0 Å². The lowest BCUT2D eigenvalue weighted by molar-refractivity contribution is -0.0219. The zero-order valence-corrected chi connectivity index (χ0v) is 33.3. The number of benzene rings is 2. The maximum Gasteiger partial charge on any atom is 0.410 e. The van der Waals surface area contributed by atoms with Crippen LogP contribution in [-0.4, -0.2) is 94.2 Å². The van der Waals surface area contributed by atoms with Crippen molar-refractivity contribution in [2.24, 2.45) is 0 Å². The zero-order chi connectivity index (χ0) is 39.6. The third-order valence-electron chi connectivity index (χ3n) is 9.91. The molecule has 0 atom stereocenters. The highest BCUT2D eigenvalue weighted by Crippen LogP contribution is 2.49. The van der Waals surface area contributed by atoms with E-state index in [-0.39, 0.29) is 23.9 Å². The fourth-order valence-electron chi connectivity index (χ4n) is 7.42. The van der Waals surface area contributed by atoms with Crippen molar-refractivity contribution in [3.8, 4) is 22.8 Å². The van der Waals surface area contributed by atoms with Crippen molar-refractivity contribution in [3.05, 3.63) is 77.4 Å². The molecule has 5 heterocycles. The number of nitrogens with zero attached hydrogens (tertiary/aromatic N) is 3. The number of rotatable bonds is 4. The minimum atomic E-state index is -0.913. The molecule has 296 valence electrons. The van der Waals surface area contributed by atoms with Crippen LogP contribution in [0.2, 0.25) is 0 Å². The first-order valence-electron chi connectivity index (χ1n) is 19.2. The van der Waals surface area contributed by atoms with Gasteiger partial charge in [-0.15, -0.1) is 0 Å². The van der Waals surface area contributed by atoms with Gasteiger partial charge in [-0.3, -0.25) is 9.89 Å². The van der Waals surface area contributed by atoms with E-state index in [4.69, 9.17) is 28.4 Å². The predicted octanol–water partition coefficient (Wildman–Crippen LogP) is 8.01. The summed E-state index contributed by atoms with van der Waals surface area (Å²) in [5, 5.41) is 7.36. The van der Waals surface area contributed by atoms with Crippen molar-refractivity contribution >= 4 is 18.0 Å². The van der Waals surface area contributed by atoms with Gasteiger partial charge in [-0.2, -0.15) is 5.10 Å². The predicted molar refractivity (Wildman–Crippen MR) is 205 cm³/mol. The van der Waals surface area contributed by atoms with Gasteiger partial charge in [0.05, 0.1) is 30.7 Å². The molecule has 3 aromatic rings. The minimum Gasteiger partial charge on any atom is -0.482 e. The number of hydrogen-bond acceptors (Lipinski definition) is 10. The molecule has 4 aliphatic rings. The number of para-hydroxylation sites is 2. The standard InChI is InChI=1S/C23H31NO6.C19H23N3O3/c1-6-27-20(28-7-2)18-19(25)16-10-8-9-11-17(16)29-23(18)12-14-24(15-13-23)21(26)30-22(3,4)5;1-18(2,3)25-17(23)22-10-8-19(9-11-22)14-12-20-21-16(14)13-6-4-5-7-15(13)24-19/h8-11H,6-7,12-15H2,1-5H3;4-7,12H,8-11H2,1-3H3,(H,20,21). The second kappa shape index (κ2) is 15.5. The molecule has 0 saturated carbocycles. The third-order valence-corrected chi connectivity index (χ3v) is 9.91. The summed E-state index contributed by atoms with van der Waals surface area (Å²) in [6, 6.07) is 15.2. The molecular formula is C42H54N4O9. The summed E-state index contributed by atoms with van der Waals surface area (Å²) in [6.07, 6.45) is 3.54. The van der Waals surface area contributed by atoms with Crippen molar-refractivity contribution in [2.45, 2.75) is 103 Å². The summed E-state index contributed by atoms with van der Waals surface area (Å²) in [5.41, 5.74) is 1.63. The number of carbonyl (C=O) groups is 3. The Kier molecular flexibility index (Phi) is 11.1. The second-order valence-corrected chi connectivity index (χ2v) is 16.1. The van der Waals surface area contributed by atoms with Gasteiger partial charge in [-0.25, -0.2) is 9.59 Å². The van der Waals surface area contributed by atoms with Gasteiger partial charge in [0.25, 0.3) is 5.95 Å². The average molecular weight is 759 g/mol. The van der Waals surface area contributed by atoms with Gasteiger partial charge in [0, 0.05) is 63.0 Å². The average Bonchev–Trinajstić information content (AvgIpc) is 3.63. The molecule has 0 unspecified atom stereocenters. The lowest BCUT2D eigenvalue weighted by Crippen LogP contribution is -2.54. The molecule has 55 heavy (non-hydrogen) atoms. The first-order chi connectivity index (χ1) is 26.1.